The van der Waals surface area contributed by atoms with Crippen LogP contribution >= 0.6 is 11.6 Å². The molecular formula is C35H38ClFN8O3S. The summed E-state index contributed by atoms with van der Waals surface area (Å²) < 4.78 is 32.1. The van der Waals surface area contributed by atoms with Gasteiger partial charge >= 0.3 is 6.03 Å². The molecule has 1 saturated heterocycles. The van der Waals surface area contributed by atoms with Gasteiger partial charge in [-0.3, -0.25) is 4.79 Å². The molecule has 2 aliphatic rings. The van der Waals surface area contributed by atoms with Crippen LogP contribution in [-0.2, 0) is 21.7 Å². The minimum atomic E-state index is -1.58. The molecule has 1 aliphatic carbocycles. The Hall–Kier alpha value is -4.31. The topological polar surface area (TPSA) is 169 Å². The highest BCUT2D eigenvalue weighted by Crippen LogP contribution is 2.43. The fraction of sp³-hybridized carbons (Fsp3) is 0.400. The average Bonchev–Trinajstić information content (AvgIpc) is 3.81. The highest BCUT2D eigenvalue weighted by atomic mass is 35.5. The van der Waals surface area contributed by atoms with Gasteiger partial charge in [0.1, 0.15) is 22.1 Å². The maximum Gasteiger partial charge on any atom is 0.322 e. The molecule has 256 valence electrons. The zero-order valence-corrected chi connectivity index (χ0v) is 29.0. The standard InChI is InChI=1S/C35H38ClFN8O3S/c1-34(2,3)49(48)43-35(16-15-22-7-8-22,24-6-4-5-23(17-24)20-38)25-9-14-29(37)30(18-25)41-32(46)31-19-28(42-44-39)21-45(31)33(47)40-27-12-10-26(36)11-13-27/h4-6,9-14,17-18,22,28,31,43H,7-8,15-16,19,21H2,1-3H3,(H,40,47)(H,41,46)/t28-,31-,35?,49?/m1/s1. The van der Waals surface area contributed by atoms with Gasteiger partial charge in [0.25, 0.3) is 0 Å². The van der Waals surface area contributed by atoms with Crippen molar-refractivity contribution < 1.29 is 18.5 Å². The van der Waals surface area contributed by atoms with E-state index in [1.165, 1.54) is 17.0 Å². The van der Waals surface area contributed by atoms with E-state index in [1.54, 1.807) is 48.5 Å². The van der Waals surface area contributed by atoms with Crippen LogP contribution in [0.25, 0.3) is 10.4 Å². The summed E-state index contributed by atoms with van der Waals surface area (Å²) in [6.45, 7) is 5.53. The van der Waals surface area contributed by atoms with Crippen molar-refractivity contribution in [1.29, 1.82) is 5.26 Å². The largest absolute Gasteiger partial charge is 0.598 e. The lowest BCUT2D eigenvalue weighted by Crippen LogP contribution is -2.52. The van der Waals surface area contributed by atoms with Gasteiger partial charge in [-0.2, -0.15) is 5.26 Å². The Morgan fingerprint density at radius 2 is 1.84 bits per heavy atom. The van der Waals surface area contributed by atoms with Crippen LogP contribution in [0.2, 0.25) is 5.02 Å². The van der Waals surface area contributed by atoms with Gasteiger partial charge in [-0.25, -0.2) is 9.18 Å². The van der Waals surface area contributed by atoms with Crippen molar-refractivity contribution >= 4 is 46.3 Å². The van der Waals surface area contributed by atoms with Gasteiger partial charge < -0.3 is 20.1 Å². The Labute approximate surface area is 293 Å². The number of anilines is 2. The van der Waals surface area contributed by atoms with Crippen molar-refractivity contribution in [1.82, 2.24) is 9.62 Å². The van der Waals surface area contributed by atoms with E-state index in [0.717, 1.165) is 19.3 Å². The Balaban J connectivity index is 1.50. The van der Waals surface area contributed by atoms with Crippen LogP contribution in [0.15, 0.2) is 71.8 Å². The lowest BCUT2D eigenvalue weighted by atomic mass is 9.79. The molecule has 11 nitrogen and oxygen atoms in total. The highest BCUT2D eigenvalue weighted by Gasteiger charge is 2.44. The molecule has 1 aliphatic heterocycles. The van der Waals surface area contributed by atoms with E-state index in [-0.39, 0.29) is 18.7 Å². The second-order valence-corrected chi connectivity index (χ2v) is 15.8. The van der Waals surface area contributed by atoms with Gasteiger partial charge in [0.2, 0.25) is 5.91 Å². The first-order valence-corrected chi connectivity index (χ1v) is 17.5. The predicted molar refractivity (Wildman–Crippen MR) is 188 cm³/mol. The summed E-state index contributed by atoms with van der Waals surface area (Å²) in [5.74, 6) is -0.878. The number of nitrogens with zero attached hydrogens (tertiary/aromatic N) is 5. The monoisotopic (exact) mass is 704 g/mol. The van der Waals surface area contributed by atoms with Gasteiger partial charge in [-0.05, 0) is 111 Å². The number of benzene rings is 3. The number of halogens is 2. The number of carbonyl (C=O) groups is 2. The Morgan fingerprint density at radius 3 is 2.49 bits per heavy atom. The molecule has 3 amide bonds. The third-order valence-corrected chi connectivity index (χ3v) is 10.7. The number of amides is 3. The fourth-order valence-electron chi connectivity index (χ4n) is 5.89. The number of azide groups is 1. The molecule has 1 heterocycles. The first kappa shape index (κ1) is 36.0. The molecule has 3 aromatic carbocycles. The van der Waals surface area contributed by atoms with E-state index >= 15 is 4.39 Å². The molecule has 5 rings (SSSR count). The Kier molecular flexibility index (Phi) is 11.1. The van der Waals surface area contributed by atoms with Crippen molar-refractivity contribution in [3.8, 4) is 6.07 Å². The Morgan fingerprint density at radius 1 is 1.12 bits per heavy atom. The first-order valence-electron chi connectivity index (χ1n) is 16.0. The van der Waals surface area contributed by atoms with E-state index in [4.69, 9.17) is 17.1 Å². The Bertz CT molecular complexity index is 1790. The molecule has 2 fully saturated rings. The van der Waals surface area contributed by atoms with Crippen molar-refractivity contribution in [2.75, 3.05) is 17.2 Å². The van der Waals surface area contributed by atoms with E-state index < -0.39 is 51.5 Å². The lowest BCUT2D eigenvalue weighted by Gasteiger charge is -2.39. The first-order chi connectivity index (χ1) is 23.3. The molecule has 0 aromatic heterocycles. The fourth-order valence-corrected chi connectivity index (χ4v) is 6.98. The normalized spacial score (nSPS) is 19.2. The molecule has 49 heavy (non-hydrogen) atoms. The zero-order valence-electron chi connectivity index (χ0n) is 27.5. The SMILES string of the molecule is CC(C)(C)[S+]([O-])NC(CCC1CC1)(c1cccc(C#N)c1)c1ccc(F)c(NC(=O)[C@H]2C[C@@H](N=[N+]=[N-])CN2C(=O)Nc2ccc(Cl)cc2)c1. The summed E-state index contributed by atoms with van der Waals surface area (Å²) in [4.78, 5) is 31.3. The van der Waals surface area contributed by atoms with Gasteiger partial charge in [-0.15, -0.1) is 4.72 Å². The van der Waals surface area contributed by atoms with Gasteiger partial charge in [-0.1, -0.05) is 47.8 Å². The molecule has 14 heteroatoms. The van der Waals surface area contributed by atoms with E-state index in [1.807, 2.05) is 26.8 Å². The number of likely N-dealkylation sites (tertiary alicyclic amines) is 1. The molecule has 2 unspecified atom stereocenters. The number of nitrogens with one attached hydrogen (secondary N) is 3. The smallest absolute Gasteiger partial charge is 0.322 e. The zero-order chi connectivity index (χ0) is 35.3. The number of hydrogen-bond acceptors (Lipinski definition) is 6. The average molecular weight is 705 g/mol. The van der Waals surface area contributed by atoms with Crippen LogP contribution in [-0.4, -0.2) is 44.8 Å². The summed E-state index contributed by atoms with van der Waals surface area (Å²) >= 11 is 4.38. The second kappa shape index (κ2) is 15.1. The van der Waals surface area contributed by atoms with Gasteiger partial charge in [0.05, 0.1) is 23.4 Å². The molecule has 1 saturated carbocycles. The lowest BCUT2D eigenvalue weighted by molar-refractivity contribution is -0.119. The van der Waals surface area contributed by atoms with Crippen LogP contribution in [0.4, 0.5) is 20.6 Å². The maximum absolute atomic E-state index is 15.6. The van der Waals surface area contributed by atoms with Crippen molar-refractivity contribution in [2.45, 2.75) is 75.2 Å². The van der Waals surface area contributed by atoms with Crippen molar-refractivity contribution in [3.05, 3.63) is 105 Å². The van der Waals surface area contributed by atoms with E-state index in [9.17, 15) is 19.4 Å². The predicted octanol–water partition coefficient (Wildman–Crippen LogP) is 7.76. The third-order valence-electron chi connectivity index (χ3n) is 8.80. The van der Waals surface area contributed by atoms with Crippen LogP contribution in [0.5, 0.6) is 0 Å². The van der Waals surface area contributed by atoms with Crippen molar-refractivity contribution in [2.24, 2.45) is 11.0 Å². The molecule has 4 atom stereocenters. The highest BCUT2D eigenvalue weighted by molar-refractivity contribution is 7.90. The van der Waals surface area contributed by atoms with E-state index in [0.29, 0.717) is 39.7 Å². The summed E-state index contributed by atoms with van der Waals surface area (Å²) in [5.41, 5.74) is 9.93. The molecule has 0 radical (unpaired) electrons. The summed E-state index contributed by atoms with van der Waals surface area (Å²) in [5, 5.41) is 19.4. The molecule has 3 aromatic rings. The van der Waals surface area contributed by atoms with Crippen LogP contribution in [0.3, 0.4) is 0 Å². The van der Waals surface area contributed by atoms with Gasteiger partial charge in [0, 0.05) is 33.5 Å². The molecule has 3 N–H and O–H groups in total. The minimum absolute atomic E-state index is 0.0217. The number of hydrogen-bond donors (Lipinski definition) is 3. The third kappa shape index (κ3) is 8.65. The summed E-state index contributed by atoms with van der Waals surface area (Å²) in [7, 11) is 0. The second-order valence-electron chi connectivity index (χ2n) is 13.4. The number of nitriles is 1. The molecule has 0 spiro atoms. The van der Waals surface area contributed by atoms with E-state index in [2.05, 4.69) is 31.5 Å². The molecular weight excluding hydrogens is 667 g/mol. The summed E-state index contributed by atoms with van der Waals surface area (Å²) in [6.07, 6.45) is 3.50. The van der Waals surface area contributed by atoms with Gasteiger partial charge in [0.15, 0.2) is 0 Å². The summed E-state index contributed by atoms with van der Waals surface area (Å²) in [6, 6.07) is 17.7. The number of rotatable bonds is 11. The number of carbonyl (C=O) groups excluding carboxylic acids is 2. The minimum Gasteiger partial charge on any atom is -0.598 e. The van der Waals surface area contributed by atoms with Crippen LogP contribution in [0.1, 0.15) is 69.6 Å². The van der Waals surface area contributed by atoms with Crippen LogP contribution in [0, 0.1) is 23.1 Å². The number of urea groups is 1. The van der Waals surface area contributed by atoms with Crippen LogP contribution < -0.4 is 15.4 Å². The maximum atomic E-state index is 15.6. The van der Waals surface area contributed by atoms with Crippen molar-refractivity contribution in [3.63, 3.8) is 0 Å². The molecule has 0 bridgehead atoms. The quantitative estimate of drug-likeness (QED) is 0.0801.